The van der Waals surface area contributed by atoms with E-state index in [-0.39, 0.29) is 0 Å². The van der Waals surface area contributed by atoms with Gasteiger partial charge in [-0.1, -0.05) is 134 Å². The summed E-state index contributed by atoms with van der Waals surface area (Å²) in [6.07, 6.45) is 7.18. The minimum atomic E-state index is 1.03. The summed E-state index contributed by atoms with van der Waals surface area (Å²) < 4.78 is 0. The van der Waals surface area contributed by atoms with Crippen molar-refractivity contribution in [2.24, 2.45) is 0 Å². The standard InChI is InChI=1S/C41H32/c1-2-3-12-27-23-38-36(40-32-17-8-4-13-28(32)25-29-14-5-9-18-33(29)40)21-22-37(39(38)24-27)41-34-19-10-6-15-30(34)26-31-16-7-11-20-35(31)41/h4-11,13-23,25-26H,2-3,12,24H2,1H3. The van der Waals surface area contributed by atoms with Crippen molar-refractivity contribution in [2.45, 2.75) is 32.6 Å². The molecule has 0 atom stereocenters. The van der Waals surface area contributed by atoms with Gasteiger partial charge in [-0.3, -0.25) is 0 Å². The third-order valence-corrected chi connectivity index (χ3v) is 9.04. The molecule has 7 aromatic carbocycles. The Morgan fingerprint density at radius 3 is 1.44 bits per heavy atom. The lowest BCUT2D eigenvalue weighted by Crippen LogP contribution is -1.96. The van der Waals surface area contributed by atoms with Gasteiger partial charge in [0, 0.05) is 0 Å². The van der Waals surface area contributed by atoms with Gasteiger partial charge >= 0.3 is 0 Å². The molecule has 0 saturated carbocycles. The number of hydrogen-bond donors (Lipinski definition) is 0. The molecule has 0 unspecified atom stereocenters. The van der Waals surface area contributed by atoms with Gasteiger partial charge in [-0.25, -0.2) is 0 Å². The molecule has 0 nitrogen and oxygen atoms in total. The highest BCUT2D eigenvalue weighted by atomic mass is 14.3. The highest BCUT2D eigenvalue weighted by Gasteiger charge is 2.24. The first-order valence-electron chi connectivity index (χ1n) is 15.0. The van der Waals surface area contributed by atoms with Gasteiger partial charge in [-0.05, 0) is 108 Å². The summed E-state index contributed by atoms with van der Waals surface area (Å²) in [6.45, 7) is 2.30. The van der Waals surface area contributed by atoms with E-state index in [1.54, 1.807) is 5.57 Å². The van der Waals surface area contributed by atoms with Gasteiger partial charge in [-0.2, -0.15) is 0 Å². The molecule has 7 aromatic rings. The van der Waals surface area contributed by atoms with Crippen LogP contribution in [0.25, 0.3) is 71.4 Å². The Balaban J connectivity index is 1.47. The molecule has 0 aliphatic heterocycles. The zero-order chi connectivity index (χ0) is 27.3. The Morgan fingerprint density at radius 1 is 0.512 bits per heavy atom. The average molecular weight is 525 g/mol. The fraction of sp³-hybridized carbons (Fsp3) is 0.122. The van der Waals surface area contributed by atoms with Crippen LogP contribution in [0.4, 0.5) is 0 Å². The molecular weight excluding hydrogens is 492 g/mol. The molecule has 1 aliphatic carbocycles. The third kappa shape index (κ3) is 3.90. The number of hydrogen-bond acceptors (Lipinski definition) is 0. The van der Waals surface area contributed by atoms with Crippen LogP contribution in [0.3, 0.4) is 0 Å². The van der Waals surface area contributed by atoms with E-state index in [0.29, 0.717) is 0 Å². The van der Waals surface area contributed by atoms with Gasteiger partial charge in [0.15, 0.2) is 0 Å². The van der Waals surface area contributed by atoms with Gasteiger partial charge in [0.05, 0.1) is 0 Å². The van der Waals surface area contributed by atoms with E-state index < -0.39 is 0 Å². The van der Waals surface area contributed by atoms with Crippen LogP contribution in [0.2, 0.25) is 0 Å². The van der Waals surface area contributed by atoms with E-state index in [4.69, 9.17) is 0 Å². The van der Waals surface area contributed by atoms with E-state index in [1.165, 1.54) is 89.3 Å². The molecule has 1 aliphatic rings. The monoisotopic (exact) mass is 524 g/mol. The van der Waals surface area contributed by atoms with Crippen LogP contribution in [0, 0.1) is 0 Å². The second-order valence-corrected chi connectivity index (χ2v) is 11.5. The topological polar surface area (TPSA) is 0 Å². The predicted octanol–water partition coefficient (Wildman–Crippen LogP) is 11.8. The number of fused-ring (bicyclic) bond motifs is 5. The SMILES string of the molecule is CCCCC1=Cc2c(-c3c4ccccc4cc4ccccc34)ccc(-c3c4ccccc4cc4ccccc34)c2C1. The Labute approximate surface area is 241 Å². The fourth-order valence-corrected chi connectivity index (χ4v) is 7.13. The average Bonchev–Trinajstić information content (AvgIpc) is 3.46. The fourth-order valence-electron chi connectivity index (χ4n) is 7.13. The molecule has 0 bridgehead atoms. The van der Waals surface area contributed by atoms with Gasteiger partial charge in [0.25, 0.3) is 0 Å². The number of rotatable bonds is 5. The third-order valence-electron chi connectivity index (χ3n) is 9.04. The largest absolute Gasteiger partial charge is 0.0654 e. The Kier molecular flexibility index (Phi) is 5.74. The Bertz CT molecular complexity index is 2050. The maximum absolute atomic E-state index is 2.54. The zero-order valence-corrected chi connectivity index (χ0v) is 23.5. The maximum atomic E-state index is 2.54. The maximum Gasteiger partial charge on any atom is -0.00207 e. The highest BCUT2D eigenvalue weighted by molar-refractivity contribution is 6.16. The molecule has 0 saturated heterocycles. The van der Waals surface area contributed by atoms with Crippen LogP contribution in [-0.2, 0) is 6.42 Å². The van der Waals surface area contributed by atoms with Crippen molar-refractivity contribution < 1.29 is 0 Å². The van der Waals surface area contributed by atoms with Crippen molar-refractivity contribution in [1.82, 2.24) is 0 Å². The summed E-state index contributed by atoms with van der Waals surface area (Å²) in [5.41, 5.74) is 9.91. The minimum Gasteiger partial charge on any atom is -0.0654 e. The lowest BCUT2D eigenvalue weighted by molar-refractivity contribution is 0.779. The summed E-state index contributed by atoms with van der Waals surface area (Å²) in [5.74, 6) is 0. The highest BCUT2D eigenvalue weighted by Crippen LogP contribution is 2.47. The molecule has 0 heteroatoms. The molecule has 8 rings (SSSR count). The quantitative estimate of drug-likeness (QED) is 0.196. The Hall–Kier alpha value is -4.68. The molecule has 0 radical (unpaired) electrons. The summed E-state index contributed by atoms with van der Waals surface area (Å²) >= 11 is 0. The van der Waals surface area contributed by atoms with E-state index >= 15 is 0 Å². The van der Waals surface area contributed by atoms with Crippen molar-refractivity contribution in [1.29, 1.82) is 0 Å². The summed E-state index contributed by atoms with van der Waals surface area (Å²) in [5, 5.41) is 10.5. The summed E-state index contributed by atoms with van der Waals surface area (Å²) in [6, 6.07) is 45.1. The summed E-state index contributed by atoms with van der Waals surface area (Å²) in [7, 11) is 0. The molecular formula is C41H32. The molecule has 0 heterocycles. The van der Waals surface area contributed by atoms with Crippen molar-refractivity contribution in [3.8, 4) is 22.3 Å². The molecule has 0 amide bonds. The zero-order valence-electron chi connectivity index (χ0n) is 23.5. The second-order valence-electron chi connectivity index (χ2n) is 11.5. The first-order chi connectivity index (χ1) is 20.3. The van der Waals surface area contributed by atoms with Gasteiger partial charge in [0.1, 0.15) is 0 Å². The second kappa shape index (κ2) is 9.75. The summed E-state index contributed by atoms with van der Waals surface area (Å²) in [4.78, 5) is 0. The normalized spacial score (nSPS) is 12.9. The van der Waals surface area contributed by atoms with Gasteiger partial charge < -0.3 is 0 Å². The van der Waals surface area contributed by atoms with Crippen LogP contribution in [0.5, 0.6) is 0 Å². The van der Waals surface area contributed by atoms with Crippen LogP contribution >= 0.6 is 0 Å². The van der Waals surface area contributed by atoms with Crippen LogP contribution in [-0.4, -0.2) is 0 Å². The Morgan fingerprint density at radius 2 is 0.951 bits per heavy atom. The lowest BCUT2D eigenvalue weighted by atomic mass is 9.84. The van der Waals surface area contributed by atoms with E-state index in [1.807, 2.05) is 0 Å². The van der Waals surface area contributed by atoms with Gasteiger partial charge in [-0.15, -0.1) is 0 Å². The van der Waals surface area contributed by atoms with Gasteiger partial charge in [0.2, 0.25) is 0 Å². The van der Waals surface area contributed by atoms with Crippen molar-refractivity contribution in [3.05, 3.63) is 138 Å². The van der Waals surface area contributed by atoms with E-state index in [9.17, 15) is 0 Å². The van der Waals surface area contributed by atoms with E-state index in [2.05, 4.69) is 134 Å². The molecule has 0 aromatic heterocycles. The van der Waals surface area contributed by atoms with Crippen molar-refractivity contribution in [2.75, 3.05) is 0 Å². The molecule has 0 spiro atoms. The number of allylic oxidation sites excluding steroid dienone is 1. The minimum absolute atomic E-state index is 1.03. The van der Waals surface area contributed by atoms with Crippen molar-refractivity contribution in [3.63, 3.8) is 0 Å². The first-order valence-corrected chi connectivity index (χ1v) is 15.0. The predicted molar refractivity (Wildman–Crippen MR) is 179 cm³/mol. The molecule has 0 fully saturated rings. The number of benzene rings is 7. The molecule has 196 valence electrons. The van der Waals surface area contributed by atoms with Crippen LogP contribution in [0.15, 0.2) is 127 Å². The van der Waals surface area contributed by atoms with E-state index in [0.717, 1.165) is 12.8 Å². The van der Waals surface area contributed by atoms with Crippen molar-refractivity contribution >= 4 is 49.2 Å². The van der Waals surface area contributed by atoms with Crippen LogP contribution in [0.1, 0.15) is 37.3 Å². The smallest absolute Gasteiger partial charge is 0.00207 e. The lowest BCUT2D eigenvalue weighted by Gasteiger charge is -2.19. The molecule has 0 N–H and O–H groups in total. The van der Waals surface area contributed by atoms with Crippen LogP contribution < -0.4 is 0 Å². The number of unbranched alkanes of at least 4 members (excludes halogenated alkanes) is 1. The first kappa shape index (κ1) is 24.1. The molecule has 41 heavy (non-hydrogen) atoms.